The lowest BCUT2D eigenvalue weighted by Gasteiger charge is -2.40. The van der Waals surface area contributed by atoms with Crippen molar-refractivity contribution in [1.29, 1.82) is 0 Å². The maximum absolute atomic E-state index is 15.7. The normalized spacial score (nSPS) is 17.6. The zero-order chi connectivity index (χ0) is 37.7. The molecule has 1 aliphatic heterocycles. The number of hydrogen-bond acceptors (Lipinski definition) is 9. The number of benzene rings is 3. The summed E-state index contributed by atoms with van der Waals surface area (Å²) in [5, 5.41) is 3.20. The number of methoxy groups -OCH3 is 2. The molecule has 2 heterocycles. The van der Waals surface area contributed by atoms with E-state index in [1.54, 1.807) is 6.92 Å². The molecule has 0 bridgehead atoms. The molecule has 3 aromatic carbocycles. The summed E-state index contributed by atoms with van der Waals surface area (Å²) in [7, 11) is -1.60. The lowest BCUT2D eigenvalue weighted by atomic mass is 9.84. The van der Waals surface area contributed by atoms with Crippen molar-refractivity contribution in [3.63, 3.8) is 0 Å². The molecule has 16 heteroatoms. The molecule has 0 spiro atoms. The number of piperazine rings is 1. The number of anilines is 1. The van der Waals surface area contributed by atoms with E-state index in [1.165, 1.54) is 47.8 Å². The molecule has 1 saturated heterocycles. The fourth-order valence-corrected chi connectivity index (χ4v) is 8.30. The van der Waals surface area contributed by atoms with E-state index < -0.39 is 69.3 Å². The summed E-state index contributed by atoms with van der Waals surface area (Å²) in [6.07, 6.45) is 0.528. The average Bonchev–Trinajstić information content (AvgIpc) is 3.11. The van der Waals surface area contributed by atoms with Crippen LogP contribution < -0.4 is 20.7 Å². The Balaban J connectivity index is 1.50. The van der Waals surface area contributed by atoms with E-state index in [-0.39, 0.29) is 46.7 Å². The second-order valence-electron chi connectivity index (χ2n) is 12.2. The van der Waals surface area contributed by atoms with Crippen molar-refractivity contribution >= 4 is 27.7 Å². The van der Waals surface area contributed by atoms with Crippen LogP contribution in [0.4, 0.5) is 28.0 Å². The molecule has 5 rings (SSSR count). The third-order valence-corrected chi connectivity index (χ3v) is 11.0. The summed E-state index contributed by atoms with van der Waals surface area (Å²) in [6.45, 7) is 2.31. The van der Waals surface area contributed by atoms with Crippen LogP contribution in [-0.2, 0) is 26.0 Å². The van der Waals surface area contributed by atoms with Crippen LogP contribution in [0.5, 0.6) is 5.75 Å². The maximum Gasteiger partial charge on any atom is 0.421 e. The molecule has 1 aromatic heterocycles. The zero-order valence-electron chi connectivity index (χ0n) is 28.4. The van der Waals surface area contributed by atoms with Gasteiger partial charge < -0.3 is 20.5 Å². The highest BCUT2D eigenvalue weighted by Crippen LogP contribution is 2.34. The minimum Gasteiger partial charge on any atom is -0.497 e. The molecule has 4 aromatic rings. The molecule has 3 N–H and O–H groups in total. The zero-order valence-corrected chi connectivity index (χ0v) is 29.2. The van der Waals surface area contributed by atoms with E-state index in [0.717, 1.165) is 43.8 Å². The molecule has 4 atom stereocenters. The third kappa shape index (κ3) is 8.09. The summed E-state index contributed by atoms with van der Waals surface area (Å²) in [5.41, 5.74) is 6.07. The number of pyridine rings is 1. The maximum atomic E-state index is 15.7. The van der Waals surface area contributed by atoms with Gasteiger partial charge in [-0.05, 0) is 79.4 Å². The van der Waals surface area contributed by atoms with Crippen LogP contribution >= 0.6 is 0 Å². The van der Waals surface area contributed by atoms with Gasteiger partial charge in [0.05, 0.1) is 43.2 Å². The summed E-state index contributed by atoms with van der Waals surface area (Å²) in [4.78, 5) is 31.9. The fraction of sp³-hybridized carbons (Fsp3) is 0.306. The fourth-order valence-electron chi connectivity index (χ4n) is 6.46. The number of nitrogens with zero attached hydrogens (tertiary/aromatic N) is 3. The topological polar surface area (TPSA) is 144 Å². The first-order valence-electron chi connectivity index (χ1n) is 16.2. The van der Waals surface area contributed by atoms with Crippen LogP contribution in [0.3, 0.4) is 0 Å². The van der Waals surface area contributed by atoms with Crippen LogP contribution in [0.1, 0.15) is 36.0 Å². The van der Waals surface area contributed by atoms with E-state index >= 15 is 4.39 Å². The minimum absolute atomic E-state index is 0.0353. The number of nitrogens with one attached hydrogen (secondary N) is 1. The Kier molecular flexibility index (Phi) is 11.9. The molecule has 1 fully saturated rings. The van der Waals surface area contributed by atoms with E-state index in [0.29, 0.717) is 23.3 Å². The average molecular weight is 744 g/mol. The monoisotopic (exact) mass is 743 g/mol. The number of carbonyl (C=O) groups is 2. The number of hydrogen-bond donors (Lipinski definition) is 2. The van der Waals surface area contributed by atoms with Crippen molar-refractivity contribution in [2.24, 2.45) is 5.73 Å². The molecule has 1 aliphatic rings. The molecular formula is C36H37F4N5O6S. The molecular weight excluding hydrogens is 706 g/mol. The van der Waals surface area contributed by atoms with Crippen LogP contribution in [-0.4, -0.2) is 75.1 Å². The van der Waals surface area contributed by atoms with E-state index in [2.05, 4.69) is 10.3 Å². The Hall–Kier alpha value is -4.90. The van der Waals surface area contributed by atoms with Crippen molar-refractivity contribution in [2.75, 3.05) is 32.2 Å². The molecule has 0 radical (unpaired) electrons. The van der Waals surface area contributed by atoms with Crippen molar-refractivity contribution in [1.82, 2.24) is 14.6 Å². The van der Waals surface area contributed by atoms with Crippen LogP contribution in [0.15, 0.2) is 84.0 Å². The van der Waals surface area contributed by atoms with Crippen LogP contribution in [0.2, 0.25) is 0 Å². The second-order valence-corrected chi connectivity index (χ2v) is 14.1. The minimum atomic E-state index is -4.04. The highest BCUT2D eigenvalue weighted by Gasteiger charge is 2.40. The van der Waals surface area contributed by atoms with Gasteiger partial charge in [0.15, 0.2) is 0 Å². The Morgan fingerprint density at radius 3 is 2.21 bits per heavy atom. The molecule has 0 saturated carbocycles. The SMILES string of the molecule is COC(=O)N(C(=O)[C@@H](N)[C@@H](c1ccc(F)cc1)c1cc(F)cc(F)c1)c1cncc(F)c1CC[C@H]1CNC[C@H](C)N1S(=O)(=O)c1ccc(OC)cc1. The van der Waals surface area contributed by atoms with Crippen LogP contribution in [0.25, 0.3) is 0 Å². The molecule has 0 unspecified atom stereocenters. The van der Waals surface area contributed by atoms with Gasteiger partial charge >= 0.3 is 6.09 Å². The number of carbonyl (C=O) groups excluding carboxylic acids is 2. The molecule has 52 heavy (non-hydrogen) atoms. The molecule has 0 aliphatic carbocycles. The summed E-state index contributed by atoms with van der Waals surface area (Å²) >= 11 is 0. The van der Waals surface area contributed by atoms with Gasteiger partial charge in [0.2, 0.25) is 10.0 Å². The number of ether oxygens (including phenoxy) is 2. The van der Waals surface area contributed by atoms with Crippen molar-refractivity contribution in [3.05, 3.63) is 119 Å². The predicted molar refractivity (Wildman–Crippen MR) is 183 cm³/mol. The van der Waals surface area contributed by atoms with E-state index in [4.69, 9.17) is 15.2 Å². The van der Waals surface area contributed by atoms with Gasteiger partial charge in [-0.2, -0.15) is 4.31 Å². The Bertz CT molecular complexity index is 2000. The van der Waals surface area contributed by atoms with Crippen molar-refractivity contribution < 1.29 is 45.0 Å². The summed E-state index contributed by atoms with van der Waals surface area (Å²) < 4.78 is 97.6. The quantitative estimate of drug-likeness (QED) is 0.205. The Morgan fingerprint density at radius 1 is 0.942 bits per heavy atom. The summed E-state index contributed by atoms with van der Waals surface area (Å²) in [6, 6.07) is 10.2. The lowest BCUT2D eigenvalue weighted by molar-refractivity contribution is -0.119. The largest absolute Gasteiger partial charge is 0.497 e. The van der Waals surface area contributed by atoms with Crippen molar-refractivity contribution in [2.45, 2.75) is 48.7 Å². The number of sulfonamides is 1. The molecule has 276 valence electrons. The number of halogens is 4. The first kappa shape index (κ1) is 38.3. The Morgan fingerprint density at radius 2 is 1.60 bits per heavy atom. The van der Waals surface area contributed by atoms with Gasteiger partial charge in [-0.25, -0.2) is 35.7 Å². The second kappa shape index (κ2) is 16.2. The molecule has 2 amide bonds. The highest BCUT2D eigenvalue weighted by atomic mass is 32.2. The third-order valence-electron chi connectivity index (χ3n) is 8.89. The van der Waals surface area contributed by atoms with Gasteiger partial charge in [-0.3, -0.25) is 9.78 Å². The van der Waals surface area contributed by atoms with Gasteiger partial charge in [0.1, 0.15) is 29.0 Å². The van der Waals surface area contributed by atoms with E-state index in [1.807, 2.05) is 0 Å². The number of amides is 2. The predicted octanol–water partition coefficient (Wildman–Crippen LogP) is 4.89. The lowest BCUT2D eigenvalue weighted by Crippen LogP contribution is -2.58. The summed E-state index contributed by atoms with van der Waals surface area (Å²) in [5.74, 6) is -5.48. The first-order valence-corrected chi connectivity index (χ1v) is 17.6. The standard InChI is InChI=1S/C36H37F4N5O6S/c1-21-17-42-18-27(45(21)52(48,49)29-11-9-28(50-2)10-12-29)8-13-30-31(40)19-43-20-32(30)44(36(47)51-3)35(46)34(41)33(22-4-6-24(37)7-5-22)23-14-25(38)16-26(39)15-23/h4-7,9-12,14-16,19-21,27,33-34,42H,8,13,17-18,41H2,1-3H3/t21-,27-,33-,34-/m0/s1. The highest BCUT2D eigenvalue weighted by molar-refractivity contribution is 7.89. The Labute approximate surface area is 298 Å². The van der Waals surface area contributed by atoms with Crippen molar-refractivity contribution in [3.8, 4) is 5.75 Å². The smallest absolute Gasteiger partial charge is 0.421 e. The van der Waals surface area contributed by atoms with Crippen LogP contribution in [0, 0.1) is 23.3 Å². The van der Waals surface area contributed by atoms with Gasteiger partial charge in [-0.1, -0.05) is 12.1 Å². The van der Waals surface area contributed by atoms with Gasteiger partial charge in [0.25, 0.3) is 5.91 Å². The molecule has 11 nitrogen and oxygen atoms in total. The number of nitrogens with two attached hydrogens (primary N) is 1. The first-order chi connectivity index (χ1) is 24.8. The van der Waals surface area contributed by atoms with Gasteiger partial charge in [0, 0.05) is 42.7 Å². The number of imide groups is 1. The van der Waals surface area contributed by atoms with Gasteiger partial charge in [-0.15, -0.1) is 0 Å². The number of aromatic nitrogens is 1. The van der Waals surface area contributed by atoms with E-state index in [9.17, 15) is 31.2 Å². The number of rotatable bonds is 11.